The zero-order valence-electron chi connectivity index (χ0n) is 17.3. The van der Waals surface area contributed by atoms with E-state index in [0.717, 1.165) is 62.6 Å². The summed E-state index contributed by atoms with van der Waals surface area (Å²) in [5, 5.41) is 3.07. The van der Waals surface area contributed by atoms with Crippen molar-refractivity contribution >= 4 is 5.91 Å². The van der Waals surface area contributed by atoms with Gasteiger partial charge >= 0.3 is 0 Å². The highest BCUT2D eigenvalue weighted by molar-refractivity contribution is 5.78. The minimum Gasteiger partial charge on any atom is -0.377 e. The molecule has 1 aliphatic heterocycles. The van der Waals surface area contributed by atoms with E-state index >= 15 is 0 Å². The normalized spacial score (nSPS) is 15.3. The van der Waals surface area contributed by atoms with Gasteiger partial charge in [0.1, 0.15) is 0 Å². The summed E-state index contributed by atoms with van der Waals surface area (Å²) in [6, 6.07) is 14.2. The van der Waals surface area contributed by atoms with Gasteiger partial charge < -0.3 is 10.1 Å². The molecule has 0 bridgehead atoms. The summed E-state index contributed by atoms with van der Waals surface area (Å²) in [6.07, 6.45) is 2.85. The van der Waals surface area contributed by atoms with Crippen LogP contribution in [0.15, 0.2) is 48.7 Å². The number of hydrogen-bond donors (Lipinski definition) is 1. The predicted octanol–water partition coefficient (Wildman–Crippen LogP) is 2.44. The summed E-state index contributed by atoms with van der Waals surface area (Å²) in [5.41, 5.74) is 3.36. The number of carbonyl (C=O) groups is 1. The highest BCUT2D eigenvalue weighted by atomic mass is 16.5. The number of nitrogens with zero attached hydrogens (tertiary/aromatic N) is 3. The Morgan fingerprint density at radius 2 is 1.76 bits per heavy atom. The van der Waals surface area contributed by atoms with E-state index in [0.29, 0.717) is 19.7 Å². The van der Waals surface area contributed by atoms with Gasteiger partial charge in [0, 0.05) is 52.1 Å². The minimum atomic E-state index is 0.0763. The first-order valence-electron chi connectivity index (χ1n) is 10.5. The molecule has 2 heterocycles. The Bertz CT molecular complexity index is 746. The first kappa shape index (κ1) is 21.4. The molecule has 0 unspecified atom stereocenters. The number of ether oxygens (including phenoxy) is 1. The standard InChI is InChI=1S/C23H32N4O2/c1-2-15-29-19-21-8-4-3-7-20(21)16-25-23(28)18-27-13-11-26(12-14-27)17-22-9-5-6-10-24-22/h3-10H,2,11-19H2,1H3,(H,25,28). The number of benzene rings is 1. The second-order valence-electron chi connectivity index (χ2n) is 7.47. The van der Waals surface area contributed by atoms with Gasteiger partial charge in [-0.3, -0.25) is 19.6 Å². The van der Waals surface area contributed by atoms with E-state index in [2.05, 4.69) is 45.2 Å². The van der Waals surface area contributed by atoms with Gasteiger partial charge in [-0.25, -0.2) is 0 Å². The largest absolute Gasteiger partial charge is 0.377 e. The lowest BCUT2D eigenvalue weighted by Crippen LogP contribution is -2.49. The van der Waals surface area contributed by atoms with Gasteiger partial charge in [0.2, 0.25) is 5.91 Å². The Labute approximate surface area is 173 Å². The van der Waals surface area contributed by atoms with Crippen LogP contribution in [-0.2, 0) is 29.2 Å². The number of hydrogen-bond acceptors (Lipinski definition) is 5. The lowest BCUT2D eigenvalue weighted by atomic mass is 10.1. The molecule has 1 aromatic heterocycles. The van der Waals surface area contributed by atoms with Gasteiger partial charge in [-0.2, -0.15) is 0 Å². The zero-order chi connectivity index (χ0) is 20.3. The van der Waals surface area contributed by atoms with Crippen LogP contribution in [0.4, 0.5) is 0 Å². The van der Waals surface area contributed by atoms with Crippen molar-refractivity contribution in [2.24, 2.45) is 0 Å². The van der Waals surface area contributed by atoms with Crippen molar-refractivity contribution in [1.82, 2.24) is 20.1 Å². The highest BCUT2D eigenvalue weighted by Gasteiger charge is 2.19. The average Bonchev–Trinajstić information content (AvgIpc) is 2.75. The van der Waals surface area contributed by atoms with E-state index in [1.807, 2.05) is 30.5 Å². The summed E-state index contributed by atoms with van der Waals surface area (Å²) < 4.78 is 5.66. The molecule has 6 nitrogen and oxygen atoms in total. The first-order chi connectivity index (χ1) is 14.2. The van der Waals surface area contributed by atoms with Gasteiger partial charge in [-0.05, 0) is 29.7 Å². The molecular formula is C23H32N4O2. The Morgan fingerprint density at radius 3 is 2.48 bits per heavy atom. The van der Waals surface area contributed by atoms with Crippen molar-refractivity contribution in [1.29, 1.82) is 0 Å². The summed E-state index contributed by atoms with van der Waals surface area (Å²) in [5.74, 6) is 0.0763. The van der Waals surface area contributed by atoms with Crippen molar-refractivity contribution in [3.63, 3.8) is 0 Å². The lowest BCUT2D eigenvalue weighted by molar-refractivity contribution is -0.122. The quantitative estimate of drug-likeness (QED) is 0.625. The molecule has 1 N–H and O–H groups in total. The van der Waals surface area contributed by atoms with E-state index in [1.165, 1.54) is 0 Å². The summed E-state index contributed by atoms with van der Waals surface area (Å²) in [6.45, 7) is 9.05. The van der Waals surface area contributed by atoms with Crippen LogP contribution in [0.2, 0.25) is 0 Å². The van der Waals surface area contributed by atoms with E-state index in [-0.39, 0.29) is 5.91 Å². The third kappa shape index (κ3) is 7.24. The van der Waals surface area contributed by atoms with Crippen molar-refractivity contribution < 1.29 is 9.53 Å². The van der Waals surface area contributed by atoms with Crippen LogP contribution in [0.1, 0.15) is 30.2 Å². The zero-order valence-corrected chi connectivity index (χ0v) is 17.3. The molecule has 1 fully saturated rings. The van der Waals surface area contributed by atoms with Gasteiger partial charge in [-0.1, -0.05) is 37.3 Å². The SMILES string of the molecule is CCCOCc1ccccc1CNC(=O)CN1CCN(Cc2ccccn2)CC1. The molecule has 1 aliphatic rings. The number of amides is 1. The summed E-state index contributed by atoms with van der Waals surface area (Å²) in [4.78, 5) is 21.4. The lowest BCUT2D eigenvalue weighted by Gasteiger charge is -2.34. The third-order valence-electron chi connectivity index (χ3n) is 5.14. The number of pyridine rings is 1. The monoisotopic (exact) mass is 396 g/mol. The Morgan fingerprint density at radius 1 is 1.03 bits per heavy atom. The molecule has 1 saturated heterocycles. The van der Waals surface area contributed by atoms with Crippen LogP contribution >= 0.6 is 0 Å². The van der Waals surface area contributed by atoms with Crippen molar-refractivity contribution in [3.05, 3.63) is 65.5 Å². The van der Waals surface area contributed by atoms with Crippen LogP contribution in [0.5, 0.6) is 0 Å². The molecule has 0 saturated carbocycles. The van der Waals surface area contributed by atoms with Crippen LogP contribution < -0.4 is 5.32 Å². The Balaban J connectivity index is 1.38. The Hall–Kier alpha value is -2.28. The van der Waals surface area contributed by atoms with Gasteiger partial charge in [0.05, 0.1) is 18.8 Å². The summed E-state index contributed by atoms with van der Waals surface area (Å²) >= 11 is 0. The molecule has 0 aliphatic carbocycles. The maximum atomic E-state index is 12.4. The minimum absolute atomic E-state index is 0.0763. The smallest absolute Gasteiger partial charge is 0.234 e. The van der Waals surface area contributed by atoms with E-state index in [9.17, 15) is 4.79 Å². The molecule has 2 aromatic rings. The molecule has 0 atom stereocenters. The molecule has 1 aromatic carbocycles. The van der Waals surface area contributed by atoms with E-state index in [4.69, 9.17) is 4.74 Å². The number of rotatable bonds is 10. The number of piperazine rings is 1. The predicted molar refractivity (Wildman–Crippen MR) is 114 cm³/mol. The fraction of sp³-hybridized carbons (Fsp3) is 0.478. The van der Waals surface area contributed by atoms with Crippen LogP contribution in [0.25, 0.3) is 0 Å². The van der Waals surface area contributed by atoms with Crippen LogP contribution in [-0.4, -0.2) is 60.0 Å². The molecule has 0 spiro atoms. The number of aromatic nitrogens is 1. The van der Waals surface area contributed by atoms with Crippen LogP contribution in [0, 0.1) is 0 Å². The van der Waals surface area contributed by atoms with E-state index < -0.39 is 0 Å². The van der Waals surface area contributed by atoms with Crippen molar-refractivity contribution in [2.75, 3.05) is 39.3 Å². The summed E-state index contributed by atoms with van der Waals surface area (Å²) in [7, 11) is 0. The van der Waals surface area contributed by atoms with Gasteiger partial charge in [0.25, 0.3) is 0 Å². The van der Waals surface area contributed by atoms with Crippen LogP contribution in [0.3, 0.4) is 0 Å². The first-order valence-corrected chi connectivity index (χ1v) is 10.5. The van der Waals surface area contributed by atoms with Gasteiger partial charge in [0.15, 0.2) is 0 Å². The molecule has 0 radical (unpaired) electrons. The molecule has 29 heavy (non-hydrogen) atoms. The fourth-order valence-corrected chi connectivity index (χ4v) is 3.48. The Kier molecular flexibility index (Phi) is 8.61. The molecule has 1 amide bonds. The second-order valence-corrected chi connectivity index (χ2v) is 7.47. The van der Waals surface area contributed by atoms with Crippen molar-refractivity contribution in [3.8, 4) is 0 Å². The second kappa shape index (κ2) is 11.7. The molecule has 3 rings (SSSR count). The van der Waals surface area contributed by atoms with Crippen molar-refractivity contribution in [2.45, 2.75) is 33.0 Å². The van der Waals surface area contributed by atoms with E-state index in [1.54, 1.807) is 0 Å². The number of nitrogens with one attached hydrogen (secondary N) is 1. The average molecular weight is 397 g/mol. The third-order valence-corrected chi connectivity index (χ3v) is 5.14. The maximum Gasteiger partial charge on any atom is 0.234 e. The molecular weight excluding hydrogens is 364 g/mol. The topological polar surface area (TPSA) is 57.7 Å². The maximum absolute atomic E-state index is 12.4. The number of carbonyl (C=O) groups excluding carboxylic acids is 1. The highest BCUT2D eigenvalue weighted by Crippen LogP contribution is 2.11. The fourth-order valence-electron chi connectivity index (χ4n) is 3.48. The molecule has 156 valence electrons. The van der Waals surface area contributed by atoms with Gasteiger partial charge in [-0.15, -0.1) is 0 Å². The molecule has 6 heteroatoms.